The van der Waals surface area contributed by atoms with Crippen LogP contribution in [0.3, 0.4) is 0 Å². The summed E-state index contributed by atoms with van der Waals surface area (Å²) in [5.41, 5.74) is 1.99. The lowest BCUT2D eigenvalue weighted by Crippen LogP contribution is -2.00. The fourth-order valence-electron chi connectivity index (χ4n) is 1.59. The SMILES string of the molecule is Cc1cc(OCc2ccco2)c(C#N)c(C)n1. The predicted octanol–water partition coefficient (Wildman–Crippen LogP) is 2.74. The molecule has 0 unspecified atom stereocenters. The van der Waals surface area contributed by atoms with Crippen molar-refractivity contribution in [2.45, 2.75) is 20.5 Å². The zero-order valence-corrected chi connectivity index (χ0v) is 9.73. The highest BCUT2D eigenvalue weighted by molar-refractivity contribution is 5.46. The average Bonchev–Trinajstić information content (AvgIpc) is 2.78. The lowest BCUT2D eigenvalue weighted by Gasteiger charge is -2.08. The topological polar surface area (TPSA) is 59.0 Å². The van der Waals surface area contributed by atoms with Crippen molar-refractivity contribution in [3.8, 4) is 11.8 Å². The lowest BCUT2D eigenvalue weighted by molar-refractivity contribution is 0.269. The van der Waals surface area contributed by atoms with Crippen LogP contribution in [0.2, 0.25) is 0 Å². The molecule has 0 saturated carbocycles. The van der Waals surface area contributed by atoms with Gasteiger partial charge in [0.25, 0.3) is 0 Å². The van der Waals surface area contributed by atoms with Gasteiger partial charge in [0.1, 0.15) is 29.7 Å². The van der Waals surface area contributed by atoms with Crippen molar-refractivity contribution < 1.29 is 9.15 Å². The van der Waals surface area contributed by atoms with Crippen molar-refractivity contribution in [3.63, 3.8) is 0 Å². The molecule has 0 aromatic carbocycles. The standard InChI is InChI=1S/C13H12N2O2/c1-9-6-13(12(7-14)10(2)15-9)17-8-11-4-3-5-16-11/h3-6H,8H2,1-2H3. The van der Waals surface area contributed by atoms with Gasteiger partial charge >= 0.3 is 0 Å². The number of rotatable bonds is 3. The van der Waals surface area contributed by atoms with Gasteiger partial charge in [-0.3, -0.25) is 4.98 Å². The van der Waals surface area contributed by atoms with Crippen LogP contribution in [0.1, 0.15) is 22.7 Å². The number of furan rings is 1. The van der Waals surface area contributed by atoms with E-state index in [-0.39, 0.29) is 0 Å². The molecule has 0 aliphatic heterocycles. The largest absolute Gasteiger partial charge is 0.484 e. The quantitative estimate of drug-likeness (QED) is 0.810. The van der Waals surface area contributed by atoms with Gasteiger partial charge in [-0.05, 0) is 26.0 Å². The van der Waals surface area contributed by atoms with Gasteiger partial charge in [0.2, 0.25) is 0 Å². The first-order valence-electron chi connectivity index (χ1n) is 5.24. The van der Waals surface area contributed by atoms with Gasteiger partial charge in [-0.2, -0.15) is 5.26 Å². The molecule has 0 N–H and O–H groups in total. The minimum Gasteiger partial charge on any atom is -0.484 e. The second-order valence-electron chi connectivity index (χ2n) is 3.70. The van der Waals surface area contributed by atoms with E-state index in [9.17, 15) is 0 Å². The zero-order chi connectivity index (χ0) is 12.3. The molecule has 4 heteroatoms. The van der Waals surface area contributed by atoms with Gasteiger partial charge in [-0.1, -0.05) is 0 Å². The molecule has 0 aliphatic carbocycles. The molecule has 2 rings (SSSR count). The molecule has 0 saturated heterocycles. The monoisotopic (exact) mass is 228 g/mol. The van der Waals surface area contributed by atoms with Crippen LogP contribution in [0.4, 0.5) is 0 Å². The predicted molar refractivity (Wildman–Crippen MR) is 61.5 cm³/mol. The van der Waals surface area contributed by atoms with Crippen molar-refractivity contribution in [1.82, 2.24) is 4.98 Å². The van der Waals surface area contributed by atoms with Gasteiger partial charge in [0.05, 0.1) is 12.0 Å². The first-order valence-corrected chi connectivity index (χ1v) is 5.24. The Hall–Kier alpha value is -2.28. The van der Waals surface area contributed by atoms with Crippen LogP contribution in [-0.4, -0.2) is 4.98 Å². The molecular weight excluding hydrogens is 216 g/mol. The van der Waals surface area contributed by atoms with Crippen molar-refractivity contribution in [1.29, 1.82) is 5.26 Å². The third-order valence-electron chi connectivity index (χ3n) is 2.35. The maximum absolute atomic E-state index is 9.05. The highest BCUT2D eigenvalue weighted by Gasteiger charge is 2.09. The van der Waals surface area contributed by atoms with E-state index in [4.69, 9.17) is 14.4 Å². The highest BCUT2D eigenvalue weighted by atomic mass is 16.5. The minimum absolute atomic E-state index is 0.310. The van der Waals surface area contributed by atoms with E-state index in [1.54, 1.807) is 25.3 Å². The Labute approximate surface area is 99.5 Å². The normalized spacial score (nSPS) is 9.94. The van der Waals surface area contributed by atoms with Crippen LogP contribution in [0.15, 0.2) is 28.9 Å². The summed E-state index contributed by atoms with van der Waals surface area (Å²) in [6.07, 6.45) is 1.59. The van der Waals surface area contributed by atoms with E-state index in [0.29, 0.717) is 23.6 Å². The number of pyridine rings is 1. The molecule has 4 nitrogen and oxygen atoms in total. The first-order chi connectivity index (χ1) is 8.20. The molecular formula is C13H12N2O2. The summed E-state index contributed by atoms with van der Waals surface area (Å²) in [5, 5.41) is 9.05. The maximum atomic E-state index is 9.05. The van der Waals surface area contributed by atoms with Crippen LogP contribution in [-0.2, 0) is 6.61 Å². The molecule has 0 aliphatic rings. The Kier molecular flexibility index (Phi) is 3.10. The van der Waals surface area contributed by atoms with Crippen molar-refractivity contribution >= 4 is 0 Å². The Morgan fingerprint density at radius 2 is 2.29 bits per heavy atom. The lowest BCUT2D eigenvalue weighted by atomic mass is 10.2. The van der Waals surface area contributed by atoms with Crippen LogP contribution >= 0.6 is 0 Å². The number of nitrogens with zero attached hydrogens (tertiary/aromatic N) is 2. The van der Waals surface area contributed by atoms with Gasteiger partial charge in [-0.15, -0.1) is 0 Å². The average molecular weight is 228 g/mol. The fourth-order valence-corrected chi connectivity index (χ4v) is 1.59. The molecule has 0 amide bonds. The molecule has 0 fully saturated rings. The number of hydrogen-bond acceptors (Lipinski definition) is 4. The minimum atomic E-state index is 0.310. The maximum Gasteiger partial charge on any atom is 0.146 e. The van der Waals surface area contributed by atoms with Gasteiger partial charge in [0, 0.05) is 11.8 Å². The van der Waals surface area contributed by atoms with E-state index in [1.807, 2.05) is 13.0 Å². The van der Waals surface area contributed by atoms with Gasteiger partial charge < -0.3 is 9.15 Å². The zero-order valence-electron chi connectivity index (χ0n) is 9.73. The summed E-state index contributed by atoms with van der Waals surface area (Å²) in [7, 11) is 0. The summed E-state index contributed by atoms with van der Waals surface area (Å²) in [4.78, 5) is 4.22. The first kappa shape index (κ1) is 11.2. The van der Waals surface area contributed by atoms with Crippen molar-refractivity contribution in [3.05, 3.63) is 47.2 Å². The molecule has 0 atom stereocenters. The Morgan fingerprint density at radius 3 is 2.94 bits per heavy atom. The number of aromatic nitrogens is 1. The van der Waals surface area contributed by atoms with Crippen LogP contribution in [0.5, 0.6) is 5.75 Å². The third kappa shape index (κ3) is 2.45. The third-order valence-corrected chi connectivity index (χ3v) is 2.35. The molecule has 86 valence electrons. The van der Waals surface area contributed by atoms with E-state index in [1.165, 1.54) is 0 Å². The van der Waals surface area contributed by atoms with Gasteiger partial charge in [0.15, 0.2) is 0 Å². The fraction of sp³-hybridized carbons (Fsp3) is 0.231. The Balaban J connectivity index is 2.23. The molecule has 0 bridgehead atoms. The molecule has 17 heavy (non-hydrogen) atoms. The number of ether oxygens (including phenoxy) is 1. The van der Waals surface area contributed by atoms with Crippen molar-refractivity contribution in [2.24, 2.45) is 0 Å². The molecule has 2 aromatic rings. The van der Waals surface area contributed by atoms with Crippen LogP contribution in [0, 0.1) is 25.2 Å². The van der Waals surface area contributed by atoms with E-state index >= 15 is 0 Å². The second kappa shape index (κ2) is 4.71. The molecule has 0 radical (unpaired) electrons. The second-order valence-corrected chi connectivity index (χ2v) is 3.70. The van der Waals surface area contributed by atoms with Crippen LogP contribution < -0.4 is 4.74 Å². The highest BCUT2D eigenvalue weighted by Crippen LogP contribution is 2.22. The summed E-state index contributed by atoms with van der Waals surface area (Å²) in [5.74, 6) is 1.27. The number of aryl methyl sites for hydroxylation is 2. The molecule has 2 aromatic heterocycles. The summed E-state index contributed by atoms with van der Waals surface area (Å²) in [6.45, 7) is 3.98. The summed E-state index contributed by atoms with van der Waals surface area (Å²) >= 11 is 0. The van der Waals surface area contributed by atoms with E-state index in [2.05, 4.69) is 11.1 Å². The molecule has 0 spiro atoms. The van der Waals surface area contributed by atoms with E-state index < -0.39 is 0 Å². The van der Waals surface area contributed by atoms with E-state index in [0.717, 1.165) is 11.5 Å². The van der Waals surface area contributed by atoms with Crippen LogP contribution in [0.25, 0.3) is 0 Å². The number of hydrogen-bond donors (Lipinski definition) is 0. The summed E-state index contributed by atoms with van der Waals surface area (Å²) in [6, 6.07) is 7.49. The van der Waals surface area contributed by atoms with Gasteiger partial charge in [-0.25, -0.2) is 0 Å². The summed E-state index contributed by atoms with van der Waals surface area (Å²) < 4.78 is 10.7. The Bertz CT molecular complexity index is 554. The smallest absolute Gasteiger partial charge is 0.146 e. The Morgan fingerprint density at radius 1 is 1.47 bits per heavy atom. The van der Waals surface area contributed by atoms with Crippen molar-refractivity contribution in [2.75, 3.05) is 0 Å². The number of nitriles is 1. The molecule has 2 heterocycles.